The zero-order valence-electron chi connectivity index (χ0n) is 19.7. The van der Waals surface area contributed by atoms with Crippen LogP contribution in [0.15, 0.2) is 0 Å². The summed E-state index contributed by atoms with van der Waals surface area (Å²) in [7, 11) is 0. The van der Waals surface area contributed by atoms with Gasteiger partial charge in [0.15, 0.2) is 0 Å². The fraction of sp³-hybridized carbons (Fsp3) is 0.857. The Morgan fingerprint density at radius 1 is 0.643 bits per heavy atom. The van der Waals surface area contributed by atoms with E-state index >= 15 is 0 Å². The molecule has 0 N–H and O–H groups in total. The molecule has 0 aromatic heterocycles. The molecular formula is C21H39K2LiO4. The zero-order chi connectivity index (χ0) is 19.3. The summed E-state index contributed by atoms with van der Waals surface area (Å²) in [6.07, 6.45) is 19.0. The van der Waals surface area contributed by atoms with E-state index in [0.29, 0.717) is 0 Å². The van der Waals surface area contributed by atoms with Gasteiger partial charge in [-0.05, 0) is 0 Å². The van der Waals surface area contributed by atoms with Gasteiger partial charge in [0.2, 0.25) is 0 Å². The summed E-state index contributed by atoms with van der Waals surface area (Å²) in [5, 5.41) is 18.6. The molecule has 4 nitrogen and oxygen atoms in total. The minimum Gasteiger partial charge on any atom is -0.550 e. The number of carbonyl (C=O) groups is 2. The SMILES string of the molecule is CCCCCCCCCCCC[C-](C)CCCC.O=C([O-])CC(=O)[O-].[K+].[K+].[Li+]. The number of hydrogen-bond acceptors (Lipinski definition) is 4. The summed E-state index contributed by atoms with van der Waals surface area (Å²) in [4.78, 5) is 18.6. The number of carboxylic acid groups (broad SMARTS) is 2. The van der Waals surface area contributed by atoms with Crippen molar-refractivity contribution in [2.24, 2.45) is 0 Å². The van der Waals surface area contributed by atoms with E-state index < -0.39 is 18.4 Å². The molecule has 0 aliphatic heterocycles. The van der Waals surface area contributed by atoms with Gasteiger partial charge in [0.25, 0.3) is 0 Å². The Labute approximate surface area is 271 Å². The maximum absolute atomic E-state index is 9.28. The molecular weight excluding hydrogens is 401 g/mol. The molecule has 0 aromatic carbocycles. The second-order valence-electron chi connectivity index (χ2n) is 6.91. The van der Waals surface area contributed by atoms with Gasteiger partial charge in [-0.15, -0.1) is 0 Å². The maximum Gasteiger partial charge on any atom is 1.00 e. The molecule has 0 unspecified atom stereocenters. The van der Waals surface area contributed by atoms with Crippen LogP contribution in [0.1, 0.15) is 117 Å². The van der Waals surface area contributed by atoms with Gasteiger partial charge < -0.3 is 25.7 Å². The Morgan fingerprint density at radius 2 is 0.964 bits per heavy atom. The van der Waals surface area contributed by atoms with Crippen LogP contribution in [-0.4, -0.2) is 11.9 Å². The first-order valence-corrected chi connectivity index (χ1v) is 10.1. The Hall–Kier alpha value is 2.81. The number of carbonyl (C=O) groups excluding carboxylic acids is 2. The van der Waals surface area contributed by atoms with Crippen LogP contribution in [0.4, 0.5) is 0 Å². The van der Waals surface area contributed by atoms with Crippen molar-refractivity contribution in [1.82, 2.24) is 0 Å². The third-order valence-corrected chi connectivity index (χ3v) is 4.20. The topological polar surface area (TPSA) is 80.3 Å². The smallest absolute Gasteiger partial charge is 0.550 e. The first kappa shape index (κ1) is 41.1. The molecule has 0 rings (SSSR count). The van der Waals surface area contributed by atoms with Crippen LogP contribution in [0.5, 0.6) is 0 Å². The first-order valence-electron chi connectivity index (χ1n) is 10.1. The molecule has 28 heavy (non-hydrogen) atoms. The van der Waals surface area contributed by atoms with Crippen LogP contribution in [-0.2, 0) is 9.59 Å². The van der Waals surface area contributed by atoms with E-state index in [4.69, 9.17) is 0 Å². The van der Waals surface area contributed by atoms with E-state index in [1.165, 1.54) is 89.9 Å². The monoisotopic (exact) mass is 440 g/mol. The van der Waals surface area contributed by atoms with Gasteiger partial charge in [0, 0.05) is 18.4 Å². The van der Waals surface area contributed by atoms with Crippen molar-refractivity contribution >= 4 is 11.9 Å². The summed E-state index contributed by atoms with van der Waals surface area (Å²) >= 11 is 0. The Kier molecular flexibility index (Phi) is 50.5. The van der Waals surface area contributed by atoms with Crippen LogP contribution in [0.25, 0.3) is 0 Å². The van der Waals surface area contributed by atoms with Gasteiger partial charge in [-0.25, -0.2) is 0 Å². The van der Waals surface area contributed by atoms with Crippen molar-refractivity contribution < 1.29 is 141 Å². The van der Waals surface area contributed by atoms with Crippen LogP contribution in [0, 0.1) is 5.92 Å². The summed E-state index contributed by atoms with van der Waals surface area (Å²) in [5.74, 6) is -1.52. The molecule has 0 aliphatic carbocycles. The molecule has 150 valence electrons. The number of aliphatic carboxylic acids is 2. The molecule has 0 bridgehead atoms. The Bertz CT molecular complexity index is 307. The predicted molar refractivity (Wildman–Crippen MR) is 99.5 cm³/mol. The van der Waals surface area contributed by atoms with Crippen LogP contribution in [0.3, 0.4) is 0 Å². The van der Waals surface area contributed by atoms with Crippen molar-refractivity contribution in [1.29, 1.82) is 0 Å². The normalized spacial score (nSPS) is 9.29. The second-order valence-corrected chi connectivity index (χ2v) is 6.91. The van der Waals surface area contributed by atoms with Gasteiger partial charge in [0.1, 0.15) is 0 Å². The second kappa shape index (κ2) is 34.4. The molecule has 7 heteroatoms. The fourth-order valence-electron chi connectivity index (χ4n) is 2.64. The molecule has 0 atom stereocenters. The first-order chi connectivity index (χ1) is 11.9. The fourth-order valence-corrected chi connectivity index (χ4v) is 2.64. The largest absolute Gasteiger partial charge is 1.00 e. The third kappa shape index (κ3) is 42.8. The van der Waals surface area contributed by atoms with Gasteiger partial charge in [-0.3, -0.25) is 0 Å². The van der Waals surface area contributed by atoms with Crippen molar-refractivity contribution in [3.63, 3.8) is 0 Å². The molecule has 0 fully saturated rings. The van der Waals surface area contributed by atoms with Gasteiger partial charge in [0.05, 0.1) is 0 Å². The van der Waals surface area contributed by atoms with Crippen molar-refractivity contribution in [2.75, 3.05) is 0 Å². The van der Waals surface area contributed by atoms with Gasteiger partial charge in [-0.1, -0.05) is 90.9 Å². The van der Waals surface area contributed by atoms with E-state index in [2.05, 4.69) is 20.8 Å². The molecule has 0 saturated heterocycles. The summed E-state index contributed by atoms with van der Waals surface area (Å²) in [5.41, 5.74) is 0. The predicted octanol–water partition coefficient (Wildman–Crippen LogP) is -5.03. The quantitative estimate of drug-likeness (QED) is 0.104. The number of carboxylic acids is 2. The molecule has 0 saturated carbocycles. The van der Waals surface area contributed by atoms with E-state index in [1.54, 1.807) is 5.92 Å². The standard InChI is InChI=1S/C18H37.C3H4O4.2K.Li/c1-4-6-8-9-10-11-12-13-14-15-17-18(3)16-7-5-2;4-2(5)1-3(6)7;;;/h4-17H2,1-3H3;1H2,(H,4,5)(H,6,7);;;/q-1;;3*+1/p-2. The average molecular weight is 441 g/mol. The summed E-state index contributed by atoms with van der Waals surface area (Å²) in [6.45, 7) is 6.93. The maximum atomic E-state index is 9.28. The van der Waals surface area contributed by atoms with Crippen LogP contribution < -0.4 is 132 Å². The molecule has 0 amide bonds. The zero-order valence-corrected chi connectivity index (χ0v) is 26.0. The van der Waals surface area contributed by atoms with Crippen LogP contribution >= 0.6 is 0 Å². The van der Waals surface area contributed by atoms with E-state index in [1.807, 2.05) is 0 Å². The summed E-state index contributed by atoms with van der Waals surface area (Å²) < 4.78 is 0. The number of hydrogen-bond donors (Lipinski definition) is 0. The third-order valence-electron chi connectivity index (χ3n) is 4.20. The molecule has 0 heterocycles. The van der Waals surface area contributed by atoms with Crippen LogP contribution in [0.2, 0.25) is 0 Å². The van der Waals surface area contributed by atoms with Crippen molar-refractivity contribution in [2.45, 2.75) is 117 Å². The van der Waals surface area contributed by atoms with E-state index in [-0.39, 0.29) is 122 Å². The minimum atomic E-state index is -1.63. The number of rotatable bonds is 16. The molecule has 0 spiro atoms. The van der Waals surface area contributed by atoms with E-state index in [0.717, 1.165) is 0 Å². The average Bonchev–Trinajstić information content (AvgIpc) is 2.54. The van der Waals surface area contributed by atoms with Crippen molar-refractivity contribution in [3.05, 3.63) is 5.92 Å². The number of unbranched alkanes of at least 4 members (excludes halogenated alkanes) is 10. The Morgan fingerprint density at radius 3 is 1.29 bits per heavy atom. The van der Waals surface area contributed by atoms with E-state index in [9.17, 15) is 19.8 Å². The van der Waals surface area contributed by atoms with Crippen molar-refractivity contribution in [3.8, 4) is 0 Å². The Balaban J connectivity index is -0.000000152. The molecule has 0 aliphatic rings. The van der Waals surface area contributed by atoms with Gasteiger partial charge >= 0.3 is 122 Å². The molecule has 0 aromatic rings. The summed E-state index contributed by atoms with van der Waals surface area (Å²) in [6, 6.07) is 0. The van der Waals surface area contributed by atoms with Gasteiger partial charge in [-0.2, -0.15) is 19.8 Å². The molecule has 0 radical (unpaired) electrons. The minimum absolute atomic E-state index is 0.